The number of amides is 2. The summed E-state index contributed by atoms with van der Waals surface area (Å²) in [6, 6.07) is 0. The minimum Gasteiger partial charge on any atom is -0.379 e. The van der Waals surface area contributed by atoms with Gasteiger partial charge >= 0.3 is 0 Å². The van der Waals surface area contributed by atoms with Crippen LogP contribution in [-0.2, 0) is 28.6 Å². The smallest absolute Gasteiger partial charge is 0.222 e. The first-order valence-corrected chi connectivity index (χ1v) is 14.2. The molecule has 0 aliphatic carbocycles. The van der Waals surface area contributed by atoms with E-state index in [2.05, 4.69) is 16.0 Å². The Morgan fingerprint density at radius 2 is 0.897 bits per heavy atom. The molecule has 0 fully saturated rings. The van der Waals surface area contributed by atoms with Gasteiger partial charge in [-0.05, 0) is 67.7 Å². The molecular weight excluding hydrogens is 498 g/mol. The van der Waals surface area contributed by atoms with Crippen molar-refractivity contribution in [2.45, 2.75) is 131 Å². The van der Waals surface area contributed by atoms with Gasteiger partial charge in [-0.15, -0.1) is 0 Å². The van der Waals surface area contributed by atoms with Gasteiger partial charge in [0.2, 0.25) is 11.8 Å². The lowest BCUT2D eigenvalue weighted by atomic mass is 9.89. The van der Waals surface area contributed by atoms with Crippen LogP contribution in [0.2, 0.25) is 0 Å². The van der Waals surface area contributed by atoms with Gasteiger partial charge in [0.15, 0.2) is 0 Å². The average molecular weight is 558 g/mol. The molecule has 0 spiro atoms. The Hall–Kier alpha value is -1.55. The Morgan fingerprint density at radius 1 is 0.538 bits per heavy atom. The van der Waals surface area contributed by atoms with Crippen molar-refractivity contribution in [2.75, 3.05) is 39.6 Å². The van der Waals surface area contributed by atoms with E-state index in [1.807, 2.05) is 83.1 Å². The van der Waals surface area contributed by atoms with Crippen LogP contribution >= 0.6 is 0 Å². The molecule has 3 N–H and O–H groups in total. The third-order valence-electron chi connectivity index (χ3n) is 5.00. The van der Waals surface area contributed by atoms with Crippen LogP contribution in [0.1, 0.15) is 109 Å². The van der Waals surface area contributed by atoms with Crippen molar-refractivity contribution < 1.29 is 28.6 Å². The zero-order valence-corrected chi connectivity index (χ0v) is 27.0. The number of carbonyl (C=O) groups excluding carboxylic acids is 3. The van der Waals surface area contributed by atoms with Crippen LogP contribution in [0.15, 0.2) is 0 Å². The zero-order valence-electron chi connectivity index (χ0n) is 27.0. The molecule has 0 heterocycles. The van der Waals surface area contributed by atoms with Crippen LogP contribution < -0.4 is 16.0 Å². The maximum absolute atomic E-state index is 12.3. The summed E-state index contributed by atoms with van der Waals surface area (Å²) in [5.41, 5.74) is -1.72. The molecule has 0 aromatic heterocycles. The Kier molecular flexibility index (Phi) is 15.4. The third-order valence-corrected chi connectivity index (χ3v) is 5.00. The quantitative estimate of drug-likeness (QED) is 0.230. The van der Waals surface area contributed by atoms with E-state index in [1.165, 1.54) is 0 Å². The molecule has 0 saturated carbocycles. The molecule has 0 aliphatic heterocycles. The van der Waals surface area contributed by atoms with Crippen molar-refractivity contribution in [3.05, 3.63) is 0 Å². The Bertz CT molecular complexity index is 666. The lowest BCUT2D eigenvalue weighted by molar-refractivity contribution is -0.124. The minimum absolute atomic E-state index is 0.0606. The predicted octanol–water partition coefficient (Wildman–Crippen LogP) is 4.17. The third kappa shape index (κ3) is 22.9. The van der Waals surface area contributed by atoms with Gasteiger partial charge in [0, 0.05) is 42.3 Å². The maximum Gasteiger partial charge on any atom is 0.222 e. The normalized spacial score (nSPS) is 13.3. The van der Waals surface area contributed by atoms with Crippen molar-refractivity contribution in [2.24, 2.45) is 5.41 Å². The van der Waals surface area contributed by atoms with Crippen LogP contribution in [0, 0.1) is 5.41 Å². The van der Waals surface area contributed by atoms with E-state index >= 15 is 0 Å². The first-order valence-electron chi connectivity index (χ1n) is 14.2. The summed E-state index contributed by atoms with van der Waals surface area (Å²) in [5.74, 6) is 0.0114. The molecule has 2 amide bonds. The molecule has 0 unspecified atom stereocenters. The minimum atomic E-state index is -0.744. The van der Waals surface area contributed by atoms with Gasteiger partial charge in [-0.1, -0.05) is 20.8 Å². The molecule has 9 heteroatoms. The average Bonchev–Trinajstić information content (AvgIpc) is 2.67. The summed E-state index contributed by atoms with van der Waals surface area (Å²) in [6.07, 6.45) is 1.31. The van der Waals surface area contributed by atoms with Crippen molar-refractivity contribution >= 4 is 17.6 Å². The number of hydrogen-bond donors (Lipinski definition) is 3. The molecule has 0 aliphatic rings. The largest absolute Gasteiger partial charge is 0.379 e. The molecule has 39 heavy (non-hydrogen) atoms. The SMILES string of the molecule is CC(C)(C)CC(=O)CCOCC(COCCC(=O)NC(C)(C)C)(COCCC(=O)NC(C)(C)C)NC(C)(C)C. The van der Waals surface area contributed by atoms with Crippen LogP contribution in [0.4, 0.5) is 0 Å². The van der Waals surface area contributed by atoms with Crippen LogP contribution in [0.25, 0.3) is 0 Å². The number of nitrogens with one attached hydrogen (secondary N) is 3. The molecular formula is C30H59N3O6. The topological polar surface area (TPSA) is 115 Å². The Morgan fingerprint density at radius 3 is 1.21 bits per heavy atom. The summed E-state index contributed by atoms with van der Waals surface area (Å²) in [6.45, 7) is 25.4. The molecule has 230 valence electrons. The predicted molar refractivity (Wildman–Crippen MR) is 157 cm³/mol. The fourth-order valence-corrected chi connectivity index (χ4v) is 3.99. The van der Waals surface area contributed by atoms with Crippen molar-refractivity contribution in [1.29, 1.82) is 0 Å². The molecule has 0 radical (unpaired) electrons. The second-order valence-corrected chi connectivity index (χ2v) is 14.9. The van der Waals surface area contributed by atoms with E-state index in [4.69, 9.17) is 14.2 Å². The van der Waals surface area contributed by atoms with Crippen LogP contribution in [0.5, 0.6) is 0 Å². The Balaban J connectivity index is 5.31. The van der Waals surface area contributed by atoms with Crippen molar-refractivity contribution in [3.63, 3.8) is 0 Å². The molecule has 0 rings (SSSR count). The highest BCUT2D eigenvalue weighted by Crippen LogP contribution is 2.20. The Labute approximate surface area is 238 Å². The summed E-state index contributed by atoms with van der Waals surface area (Å²) >= 11 is 0. The van der Waals surface area contributed by atoms with E-state index < -0.39 is 5.54 Å². The van der Waals surface area contributed by atoms with Crippen LogP contribution in [0.3, 0.4) is 0 Å². The van der Waals surface area contributed by atoms with Gasteiger partial charge in [0.05, 0.1) is 45.2 Å². The van der Waals surface area contributed by atoms with Gasteiger partial charge in [0.1, 0.15) is 5.78 Å². The summed E-state index contributed by atoms with van der Waals surface area (Å²) in [5, 5.41) is 9.46. The second kappa shape index (κ2) is 16.0. The molecule has 0 aromatic carbocycles. The fourth-order valence-electron chi connectivity index (χ4n) is 3.99. The highest BCUT2D eigenvalue weighted by molar-refractivity contribution is 5.79. The van der Waals surface area contributed by atoms with Crippen molar-refractivity contribution in [1.82, 2.24) is 16.0 Å². The maximum atomic E-state index is 12.3. The number of Topliss-reactive ketones (excluding diaryl/α,β-unsaturated/α-hetero) is 1. The number of ether oxygens (including phenoxy) is 3. The second-order valence-electron chi connectivity index (χ2n) is 14.9. The van der Waals surface area contributed by atoms with Gasteiger partial charge in [-0.2, -0.15) is 0 Å². The van der Waals surface area contributed by atoms with Crippen molar-refractivity contribution in [3.8, 4) is 0 Å². The monoisotopic (exact) mass is 557 g/mol. The van der Waals surface area contributed by atoms with Gasteiger partial charge < -0.3 is 30.2 Å². The van der Waals surface area contributed by atoms with E-state index in [0.29, 0.717) is 19.4 Å². The molecule has 0 bridgehead atoms. The van der Waals surface area contributed by atoms with E-state index in [0.717, 1.165) is 0 Å². The van der Waals surface area contributed by atoms with E-state index in [1.54, 1.807) is 0 Å². The summed E-state index contributed by atoms with van der Waals surface area (Å²) in [7, 11) is 0. The van der Waals surface area contributed by atoms with E-state index in [9.17, 15) is 14.4 Å². The molecule has 0 atom stereocenters. The highest BCUT2D eigenvalue weighted by Gasteiger charge is 2.35. The summed E-state index contributed by atoms with van der Waals surface area (Å²) in [4.78, 5) is 36.8. The lowest BCUT2D eigenvalue weighted by Crippen LogP contribution is -2.62. The lowest BCUT2D eigenvalue weighted by Gasteiger charge is -2.40. The van der Waals surface area contributed by atoms with Gasteiger partial charge in [0.25, 0.3) is 0 Å². The highest BCUT2D eigenvalue weighted by atomic mass is 16.5. The number of ketones is 1. The van der Waals surface area contributed by atoms with E-state index in [-0.39, 0.29) is 85.5 Å². The van der Waals surface area contributed by atoms with Gasteiger partial charge in [-0.25, -0.2) is 0 Å². The molecule has 9 nitrogen and oxygen atoms in total. The van der Waals surface area contributed by atoms with Crippen LogP contribution in [-0.4, -0.2) is 79.4 Å². The molecule has 0 aromatic rings. The molecule has 0 saturated heterocycles. The van der Waals surface area contributed by atoms with Gasteiger partial charge in [-0.3, -0.25) is 14.4 Å². The number of carbonyl (C=O) groups is 3. The first kappa shape index (κ1) is 37.5. The number of hydrogen-bond acceptors (Lipinski definition) is 7. The first-order chi connectivity index (χ1) is 17.5. The number of rotatable bonds is 17. The fraction of sp³-hybridized carbons (Fsp3) is 0.900. The standard InChI is InChI=1S/C30H59N3O6/c1-26(2,3)19-23(34)13-16-37-20-30(33-29(10,11)12,21-38-17-14-24(35)31-27(4,5)6)22-39-18-15-25(36)32-28(7,8)9/h33H,13-22H2,1-12H3,(H,31,35)(H,32,36). The summed E-state index contributed by atoms with van der Waals surface area (Å²) < 4.78 is 18.0. The zero-order chi connectivity index (χ0) is 30.5.